The van der Waals surface area contributed by atoms with Gasteiger partial charge in [0.15, 0.2) is 17.5 Å². The van der Waals surface area contributed by atoms with Gasteiger partial charge in [-0.1, -0.05) is 140 Å². The average molecular weight is 704 g/mol. The fourth-order valence-corrected chi connectivity index (χ4v) is 7.47. The van der Waals surface area contributed by atoms with Gasteiger partial charge >= 0.3 is 0 Å². The summed E-state index contributed by atoms with van der Waals surface area (Å²) in [5.74, 6) is 1.83. The van der Waals surface area contributed by atoms with Crippen LogP contribution in [0.3, 0.4) is 0 Å². The number of pyridine rings is 1. The molecule has 0 aliphatic rings. The second kappa shape index (κ2) is 13.8. The second-order valence-corrected chi connectivity index (χ2v) is 13.5. The summed E-state index contributed by atoms with van der Waals surface area (Å²) in [6.07, 6.45) is 3.66. The molecule has 0 fully saturated rings. The van der Waals surface area contributed by atoms with E-state index in [0.29, 0.717) is 17.5 Å². The van der Waals surface area contributed by atoms with Crippen LogP contribution in [-0.2, 0) is 0 Å². The van der Waals surface area contributed by atoms with Crippen LogP contribution in [-0.4, -0.2) is 24.5 Å². The van der Waals surface area contributed by atoms with Crippen LogP contribution in [0.2, 0.25) is 0 Å². The number of hydrogen-bond donors (Lipinski definition) is 0. The Morgan fingerprint density at radius 2 is 0.709 bits per heavy atom. The molecule has 0 atom stereocenters. The minimum absolute atomic E-state index is 0.593. The molecule has 0 radical (unpaired) electrons. The molecule has 5 heteroatoms. The van der Waals surface area contributed by atoms with Crippen LogP contribution < -0.4 is 0 Å². The third-order valence-electron chi connectivity index (χ3n) is 10.2. The summed E-state index contributed by atoms with van der Waals surface area (Å²) in [5.41, 5.74) is 12.7. The van der Waals surface area contributed by atoms with Crippen molar-refractivity contribution in [3.05, 3.63) is 200 Å². The molecule has 0 amide bonds. The van der Waals surface area contributed by atoms with E-state index < -0.39 is 0 Å². The third-order valence-corrected chi connectivity index (χ3v) is 10.2. The highest BCUT2D eigenvalue weighted by Crippen LogP contribution is 2.40. The van der Waals surface area contributed by atoms with Gasteiger partial charge in [0.2, 0.25) is 0 Å². The van der Waals surface area contributed by atoms with Crippen LogP contribution in [0.25, 0.3) is 95.0 Å². The van der Waals surface area contributed by atoms with Gasteiger partial charge in [-0.25, -0.2) is 15.0 Å². The molecule has 7 aromatic carbocycles. The van der Waals surface area contributed by atoms with Crippen LogP contribution in [0.5, 0.6) is 0 Å². The maximum atomic E-state index is 5.22. The Kier molecular flexibility index (Phi) is 8.08. The Bertz CT molecular complexity index is 2790. The zero-order valence-electron chi connectivity index (χ0n) is 29.8. The van der Waals surface area contributed by atoms with Gasteiger partial charge in [0.1, 0.15) is 0 Å². The summed E-state index contributed by atoms with van der Waals surface area (Å²) in [6, 6.07) is 65.7. The molecule has 0 aliphatic heterocycles. The van der Waals surface area contributed by atoms with Crippen molar-refractivity contribution in [1.29, 1.82) is 0 Å². The van der Waals surface area contributed by atoms with Crippen molar-refractivity contribution in [1.82, 2.24) is 24.5 Å². The van der Waals surface area contributed by atoms with Gasteiger partial charge < -0.3 is 4.57 Å². The Balaban J connectivity index is 1.27. The second-order valence-electron chi connectivity index (χ2n) is 13.5. The number of hydrogen-bond acceptors (Lipinski definition) is 4. The number of fused-ring (bicyclic) bond motifs is 3. The van der Waals surface area contributed by atoms with Crippen molar-refractivity contribution in [3.63, 3.8) is 0 Å². The molecular weight excluding hydrogens is 671 g/mol. The first-order valence-electron chi connectivity index (χ1n) is 18.4. The average Bonchev–Trinajstić information content (AvgIpc) is 3.60. The maximum Gasteiger partial charge on any atom is 0.166 e. The summed E-state index contributed by atoms with van der Waals surface area (Å²) in [6.45, 7) is 0. The van der Waals surface area contributed by atoms with Gasteiger partial charge in [0, 0.05) is 39.9 Å². The molecular formula is C50H33N5. The quantitative estimate of drug-likeness (QED) is 0.166. The van der Waals surface area contributed by atoms with Crippen molar-refractivity contribution in [3.8, 4) is 73.2 Å². The molecule has 0 unspecified atom stereocenters. The lowest BCUT2D eigenvalue weighted by Gasteiger charge is -2.16. The van der Waals surface area contributed by atoms with E-state index in [1.54, 1.807) is 0 Å². The van der Waals surface area contributed by atoms with E-state index in [2.05, 4.69) is 125 Å². The fourth-order valence-electron chi connectivity index (χ4n) is 7.47. The SMILES string of the molecule is c1ccc(-c2ccc3c(c2)c2cc(-c4ccccc4)ccc2n3-c2ccc(-c3ccncc3)cc2-c2nc(-c3ccccc3)nc(-c3ccccc3)n2)cc1. The number of nitrogens with zero attached hydrogens (tertiary/aromatic N) is 5. The standard InChI is InChI=1S/C50H33N5/c1-5-13-34(14-6-1)39-21-24-45-42(31-39)43-32-40(35-15-7-2-8-16-35)22-25-46(43)55(45)47-26-23-41(36-27-29-51-30-28-36)33-44(47)50-53-48(37-17-9-3-10-18-37)52-49(54-50)38-19-11-4-12-20-38/h1-33H. The molecule has 258 valence electrons. The zero-order valence-corrected chi connectivity index (χ0v) is 29.8. The summed E-state index contributed by atoms with van der Waals surface area (Å²) in [5, 5.41) is 2.34. The van der Waals surface area contributed by atoms with Crippen molar-refractivity contribution < 1.29 is 0 Å². The Morgan fingerprint density at radius 1 is 0.309 bits per heavy atom. The molecule has 3 heterocycles. The van der Waals surface area contributed by atoms with E-state index in [1.807, 2.05) is 85.2 Å². The Morgan fingerprint density at radius 3 is 1.20 bits per heavy atom. The maximum absolute atomic E-state index is 5.22. The van der Waals surface area contributed by atoms with Gasteiger partial charge in [0.25, 0.3) is 0 Å². The first-order chi connectivity index (χ1) is 27.3. The zero-order chi connectivity index (χ0) is 36.6. The predicted molar refractivity (Wildman–Crippen MR) is 225 cm³/mol. The summed E-state index contributed by atoms with van der Waals surface area (Å²) < 4.78 is 2.37. The number of aromatic nitrogens is 5. The van der Waals surface area contributed by atoms with Gasteiger partial charge in [0.05, 0.1) is 16.7 Å². The topological polar surface area (TPSA) is 56.5 Å². The van der Waals surface area contributed by atoms with Crippen LogP contribution in [0.4, 0.5) is 0 Å². The molecule has 3 aromatic heterocycles. The molecule has 0 saturated carbocycles. The van der Waals surface area contributed by atoms with E-state index in [9.17, 15) is 0 Å². The summed E-state index contributed by atoms with van der Waals surface area (Å²) in [7, 11) is 0. The highest BCUT2D eigenvalue weighted by Gasteiger charge is 2.21. The van der Waals surface area contributed by atoms with Crippen molar-refractivity contribution in [2.45, 2.75) is 0 Å². The van der Waals surface area contributed by atoms with E-state index in [0.717, 1.165) is 44.5 Å². The van der Waals surface area contributed by atoms with E-state index in [4.69, 9.17) is 15.0 Å². The minimum Gasteiger partial charge on any atom is -0.308 e. The third kappa shape index (κ3) is 6.04. The van der Waals surface area contributed by atoms with Crippen LogP contribution in [0, 0.1) is 0 Å². The summed E-state index contributed by atoms with van der Waals surface area (Å²) in [4.78, 5) is 19.8. The largest absolute Gasteiger partial charge is 0.308 e. The lowest BCUT2D eigenvalue weighted by molar-refractivity contribution is 1.06. The van der Waals surface area contributed by atoms with Crippen LogP contribution in [0.1, 0.15) is 0 Å². The normalized spacial score (nSPS) is 11.3. The number of benzene rings is 7. The molecule has 0 saturated heterocycles. The predicted octanol–water partition coefficient (Wildman–Crippen LogP) is 12.4. The molecule has 0 bridgehead atoms. The molecule has 5 nitrogen and oxygen atoms in total. The van der Waals surface area contributed by atoms with Gasteiger partial charge in [-0.05, 0) is 81.9 Å². The molecule has 10 rings (SSSR count). The van der Waals surface area contributed by atoms with Gasteiger partial charge in [-0.3, -0.25) is 4.98 Å². The molecule has 0 spiro atoms. The van der Waals surface area contributed by atoms with Gasteiger partial charge in [-0.2, -0.15) is 0 Å². The van der Waals surface area contributed by atoms with Gasteiger partial charge in [-0.15, -0.1) is 0 Å². The molecule has 55 heavy (non-hydrogen) atoms. The first kappa shape index (κ1) is 32.2. The van der Waals surface area contributed by atoms with Crippen molar-refractivity contribution >= 4 is 21.8 Å². The van der Waals surface area contributed by atoms with E-state index in [1.165, 1.54) is 33.0 Å². The lowest BCUT2D eigenvalue weighted by Crippen LogP contribution is -2.04. The lowest BCUT2D eigenvalue weighted by atomic mass is 10.0. The van der Waals surface area contributed by atoms with Crippen LogP contribution in [0.15, 0.2) is 200 Å². The highest BCUT2D eigenvalue weighted by atomic mass is 15.1. The summed E-state index contributed by atoms with van der Waals surface area (Å²) >= 11 is 0. The first-order valence-corrected chi connectivity index (χ1v) is 18.4. The van der Waals surface area contributed by atoms with E-state index >= 15 is 0 Å². The van der Waals surface area contributed by atoms with Crippen molar-refractivity contribution in [2.24, 2.45) is 0 Å². The Hall–Kier alpha value is -7.50. The van der Waals surface area contributed by atoms with Crippen LogP contribution >= 0.6 is 0 Å². The fraction of sp³-hybridized carbons (Fsp3) is 0. The molecule has 10 aromatic rings. The molecule has 0 aliphatic carbocycles. The Labute approximate surface area is 318 Å². The van der Waals surface area contributed by atoms with E-state index in [-0.39, 0.29) is 0 Å². The smallest absolute Gasteiger partial charge is 0.166 e. The number of rotatable bonds is 7. The minimum atomic E-state index is 0.593. The molecule has 0 N–H and O–H groups in total. The highest BCUT2D eigenvalue weighted by molar-refractivity contribution is 6.12. The monoisotopic (exact) mass is 703 g/mol. The van der Waals surface area contributed by atoms with Crippen molar-refractivity contribution in [2.75, 3.05) is 0 Å².